The number of carbonyl (C=O) groups excluding carboxylic acids is 3. The summed E-state index contributed by atoms with van der Waals surface area (Å²) in [6.45, 7) is 7.39. The van der Waals surface area contributed by atoms with Gasteiger partial charge in [0.25, 0.3) is 5.91 Å². The largest absolute Gasteiger partial charge is 0.325 e. The molecule has 3 rings (SSSR count). The second-order valence-corrected chi connectivity index (χ2v) is 9.82. The van der Waals surface area contributed by atoms with Crippen LogP contribution >= 0.6 is 34.8 Å². The lowest BCUT2D eigenvalue weighted by Gasteiger charge is -2.24. The summed E-state index contributed by atoms with van der Waals surface area (Å²) >= 11 is 18.0. The molecule has 2 aromatic rings. The van der Waals surface area contributed by atoms with Crippen LogP contribution in [0.4, 0.5) is 10.5 Å². The summed E-state index contributed by atoms with van der Waals surface area (Å²) in [5.41, 5.74) is 0.570. The maximum Gasteiger partial charge on any atom is 0.325 e. The van der Waals surface area contributed by atoms with E-state index < -0.39 is 29.9 Å². The number of imide groups is 1. The average Bonchev–Trinajstić information content (AvgIpc) is 2.88. The SMILES string of the molecule is CC(C)(C)c1ccc(C2(C)NC(=O)N(CC(=O)Nc3c(Cl)cc(Cl)cc3Cl)C2=O)cc1. The Bertz CT molecular complexity index is 1040. The summed E-state index contributed by atoms with van der Waals surface area (Å²) in [6.07, 6.45) is 0. The van der Waals surface area contributed by atoms with Crippen molar-refractivity contribution in [2.75, 3.05) is 11.9 Å². The molecule has 164 valence electrons. The first-order valence-electron chi connectivity index (χ1n) is 9.52. The van der Waals surface area contributed by atoms with Crippen LogP contribution in [0.3, 0.4) is 0 Å². The van der Waals surface area contributed by atoms with Crippen molar-refractivity contribution < 1.29 is 14.4 Å². The summed E-state index contributed by atoms with van der Waals surface area (Å²) in [5, 5.41) is 5.83. The molecule has 31 heavy (non-hydrogen) atoms. The number of carbonyl (C=O) groups is 3. The van der Waals surface area contributed by atoms with E-state index in [-0.39, 0.29) is 21.1 Å². The van der Waals surface area contributed by atoms with E-state index >= 15 is 0 Å². The van der Waals surface area contributed by atoms with E-state index in [9.17, 15) is 14.4 Å². The first-order chi connectivity index (χ1) is 14.3. The van der Waals surface area contributed by atoms with Crippen molar-refractivity contribution in [2.45, 2.75) is 38.6 Å². The van der Waals surface area contributed by atoms with Crippen LogP contribution in [0, 0.1) is 0 Å². The number of benzene rings is 2. The number of anilines is 1. The molecule has 0 bridgehead atoms. The number of hydrogen-bond acceptors (Lipinski definition) is 3. The van der Waals surface area contributed by atoms with Gasteiger partial charge in [0.05, 0.1) is 15.7 Å². The fraction of sp³-hybridized carbons (Fsp3) is 0.318. The summed E-state index contributed by atoms with van der Waals surface area (Å²) in [5.74, 6) is -1.15. The van der Waals surface area contributed by atoms with E-state index in [0.717, 1.165) is 10.5 Å². The van der Waals surface area contributed by atoms with Crippen LogP contribution in [0.1, 0.15) is 38.8 Å². The predicted molar refractivity (Wildman–Crippen MR) is 123 cm³/mol. The number of nitrogens with one attached hydrogen (secondary N) is 2. The molecule has 6 nitrogen and oxygen atoms in total. The van der Waals surface area contributed by atoms with Gasteiger partial charge in [0.15, 0.2) is 0 Å². The molecule has 1 fully saturated rings. The molecule has 0 radical (unpaired) electrons. The zero-order chi connectivity index (χ0) is 23.1. The minimum atomic E-state index is -1.27. The molecule has 2 aromatic carbocycles. The fourth-order valence-electron chi connectivity index (χ4n) is 3.32. The smallest absolute Gasteiger partial charge is 0.322 e. The molecule has 0 aromatic heterocycles. The van der Waals surface area contributed by atoms with Crippen LogP contribution in [0.2, 0.25) is 15.1 Å². The van der Waals surface area contributed by atoms with Crippen molar-refractivity contribution in [3.8, 4) is 0 Å². The maximum atomic E-state index is 13.1. The van der Waals surface area contributed by atoms with Gasteiger partial charge in [0.2, 0.25) is 5.91 Å². The van der Waals surface area contributed by atoms with Gasteiger partial charge in [-0.15, -0.1) is 0 Å². The van der Waals surface area contributed by atoms with Gasteiger partial charge in [-0.3, -0.25) is 14.5 Å². The summed E-state index contributed by atoms with van der Waals surface area (Å²) in [4.78, 5) is 39.0. The minimum absolute atomic E-state index is 0.0449. The zero-order valence-corrected chi connectivity index (χ0v) is 19.7. The van der Waals surface area contributed by atoms with E-state index in [1.165, 1.54) is 12.1 Å². The number of rotatable bonds is 4. The van der Waals surface area contributed by atoms with Crippen LogP contribution in [0.15, 0.2) is 36.4 Å². The highest BCUT2D eigenvalue weighted by Gasteiger charge is 2.49. The predicted octanol–water partition coefficient (Wildman–Crippen LogP) is 5.35. The van der Waals surface area contributed by atoms with E-state index in [1.54, 1.807) is 6.92 Å². The van der Waals surface area contributed by atoms with Crippen molar-refractivity contribution in [2.24, 2.45) is 0 Å². The molecule has 1 unspecified atom stereocenters. The highest BCUT2D eigenvalue weighted by molar-refractivity contribution is 6.42. The van der Waals surface area contributed by atoms with Gasteiger partial charge in [0.1, 0.15) is 12.1 Å². The topological polar surface area (TPSA) is 78.5 Å². The van der Waals surface area contributed by atoms with Crippen molar-refractivity contribution >= 4 is 58.3 Å². The van der Waals surface area contributed by atoms with Crippen molar-refractivity contribution in [3.05, 3.63) is 62.6 Å². The summed E-state index contributed by atoms with van der Waals surface area (Å²) in [7, 11) is 0. The van der Waals surface area contributed by atoms with Gasteiger partial charge in [-0.2, -0.15) is 0 Å². The van der Waals surface area contributed by atoms with E-state index in [4.69, 9.17) is 34.8 Å². The molecule has 1 aliphatic rings. The Morgan fingerprint density at radius 1 is 1.06 bits per heavy atom. The Morgan fingerprint density at radius 3 is 2.13 bits per heavy atom. The lowest BCUT2D eigenvalue weighted by atomic mass is 9.84. The molecule has 2 N–H and O–H groups in total. The third kappa shape index (κ3) is 4.66. The number of urea groups is 1. The van der Waals surface area contributed by atoms with Gasteiger partial charge in [-0.25, -0.2) is 4.79 Å². The molecule has 0 saturated carbocycles. The first kappa shape index (κ1) is 23.4. The standard InChI is InChI=1S/C22H22Cl3N3O3/c1-21(2,3)12-5-7-13(8-6-12)22(4)19(30)28(20(31)27-22)11-17(29)26-18-15(24)9-14(23)10-16(18)25/h5-10H,11H2,1-4H3,(H,26,29)(H,27,31). The van der Waals surface area contributed by atoms with Gasteiger partial charge in [0, 0.05) is 5.02 Å². The normalized spacial score (nSPS) is 18.9. The molecule has 4 amide bonds. The molecule has 1 atom stereocenters. The zero-order valence-electron chi connectivity index (χ0n) is 17.5. The number of nitrogens with zero attached hydrogens (tertiary/aromatic N) is 1. The highest BCUT2D eigenvalue weighted by atomic mass is 35.5. The molecule has 9 heteroatoms. The molecular weight excluding hydrogens is 461 g/mol. The Hall–Kier alpha value is -2.28. The monoisotopic (exact) mass is 481 g/mol. The first-order valence-corrected chi connectivity index (χ1v) is 10.7. The highest BCUT2D eigenvalue weighted by Crippen LogP contribution is 2.34. The van der Waals surface area contributed by atoms with Crippen molar-refractivity contribution in [1.29, 1.82) is 0 Å². The molecule has 1 aliphatic heterocycles. The Balaban J connectivity index is 1.78. The third-order valence-electron chi connectivity index (χ3n) is 5.18. The van der Waals surface area contributed by atoms with Crippen LogP contribution in [-0.2, 0) is 20.5 Å². The summed E-state index contributed by atoms with van der Waals surface area (Å²) < 4.78 is 0. The Kier molecular flexibility index (Phi) is 6.29. The van der Waals surface area contributed by atoms with E-state index in [1.807, 2.05) is 24.3 Å². The van der Waals surface area contributed by atoms with E-state index in [0.29, 0.717) is 10.6 Å². The van der Waals surface area contributed by atoms with Gasteiger partial charge in [-0.1, -0.05) is 79.8 Å². The van der Waals surface area contributed by atoms with Crippen LogP contribution in [0.5, 0.6) is 0 Å². The lowest BCUT2D eigenvalue weighted by Crippen LogP contribution is -2.42. The van der Waals surface area contributed by atoms with E-state index in [2.05, 4.69) is 31.4 Å². The van der Waals surface area contributed by atoms with Crippen LogP contribution < -0.4 is 10.6 Å². The van der Waals surface area contributed by atoms with Gasteiger partial charge >= 0.3 is 6.03 Å². The van der Waals surface area contributed by atoms with Gasteiger partial charge in [-0.05, 0) is 35.6 Å². The fourth-order valence-corrected chi connectivity index (χ4v) is 4.24. The van der Waals surface area contributed by atoms with Crippen LogP contribution in [0.25, 0.3) is 0 Å². The second kappa shape index (κ2) is 8.34. The number of amides is 4. The van der Waals surface area contributed by atoms with Crippen molar-refractivity contribution in [1.82, 2.24) is 10.2 Å². The lowest BCUT2D eigenvalue weighted by molar-refractivity contribution is -0.133. The second-order valence-electron chi connectivity index (χ2n) is 8.57. The maximum absolute atomic E-state index is 13.1. The molecule has 1 saturated heterocycles. The Labute approximate surface area is 195 Å². The summed E-state index contributed by atoms with van der Waals surface area (Å²) in [6, 6.07) is 9.69. The molecule has 0 spiro atoms. The van der Waals surface area contributed by atoms with Gasteiger partial charge < -0.3 is 10.6 Å². The van der Waals surface area contributed by atoms with Crippen LogP contribution in [-0.4, -0.2) is 29.3 Å². The Morgan fingerprint density at radius 2 is 1.61 bits per heavy atom. The number of hydrogen-bond donors (Lipinski definition) is 2. The minimum Gasteiger partial charge on any atom is -0.322 e. The number of halogens is 3. The quantitative estimate of drug-likeness (QED) is 0.577. The molecular formula is C22H22Cl3N3O3. The third-order valence-corrected chi connectivity index (χ3v) is 5.99. The molecule has 0 aliphatic carbocycles. The average molecular weight is 483 g/mol. The molecule has 1 heterocycles. The van der Waals surface area contributed by atoms with Crippen molar-refractivity contribution in [3.63, 3.8) is 0 Å².